The molecule has 0 aliphatic carbocycles. The maximum Gasteiger partial charge on any atom is 0.257 e. The molecule has 4 nitrogen and oxygen atoms in total. The molecule has 0 saturated heterocycles. The maximum absolute atomic E-state index is 12.4. The van der Waals surface area contributed by atoms with Crippen LogP contribution in [0.3, 0.4) is 0 Å². The largest absolute Gasteiger partial charge is 0.497 e. The summed E-state index contributed by atoms with van der Waals surface area (Å²) in [6.45, 7) is 2.09. The Morgan fingerprint density at radius 1 is 1.12 bits per heavy atom. The Labute approximate surface area is 145 Å². The minimum atomic E-state index is -0.173. The van der Waals surface area contributed by atoms with Crippen molar-refractivity contribution >= 4 is 22.4 Å². The molecule has 1 heterocycles. The Balaban J connectivity index is 1.82. The summed E-state index contributed by atoms with van der Waals surface area (Å²) in [6, 6.07) is 17.0. The van der Waals surface area contributed by atoms with Crippen molar-refractivity contribution in [2.24, 2.45) is 0 Å². The van der Waals surface area contributed by atoms with E-state index in [0.717, 1.165) is 28.3 Å². The summed E-state index contributed by atoms with van der Waals surface area (Å²) in [7, 11) is 1.60. The molecule has 2 aromatic carbocycles. The molecule has 3 aromatic rings. The Bertz CT molecular complexity index is 826. The predicted molar refractivity (Wildman–Crippen MR) is 97.9 cm³/mol. The van der Waals surface area contributed by atoms with Crippen LogP contribution in [-0.2, 0) is 6.42 Å². The first-order chi connectivity index (χ1) is 11.7. The van der Waals surface area contributed by atoms with Crippen LogP contribution in [0.2, 0.25) is 0 Å². The Hall–Kier alpha value is -2.66. The van der Waals surface area contributed by atoms with E-state index in [9.17, 15) is 4.79 Å². The Morgan fingerprint density at radius 3 is 2.46 bits per heavy atom. The number of hydrogen-bond acceptors (Lipinski definition) is 4. The van der Waals surface area contributed by atoms with Crippen molar-refractivity contribution < 1.29 is 9.53 Å². The number of ether oxygens (including phenoxy) is 1. The lowest BCUT2D eigenvalue weighted by molar-refractivity contribution is 0.102. The van der Waals surface area contributed by atoms with Gasteiger partial charge in [0, 0.05) is 16.0 Å². The summed E-state index contributed by atoms with van der Waals surface area (Å²) in [5.74, 6) is 0.550. The second-order valence-corrected chi connectivity index (χ2v) is 6.28. The van der Waals surface area contributed by atoms with Gasteiger partial charge >= 0.3 is 0 Å². The van der Waals surface area contributed by atoms with E-state index in [-0.39, 0.29) is 5.91 Å². The van der Waals surface area contributed by atoms with Crippen LogP contribution in [0.15, 0.2) is 54.6 Å². The van der Waals surface area contributed by atoms with E-state index in [1.807, 2.05) is 30.3 Å². The van der Waals surface area contributed by atoms with E-state index < -0.39 is 0 Å². The predicted octanol–water partition coefficient (Wildman–Crippen LogP) is 4.63. The number of nitrogens with zero attached hydrogens (tertiary/aromatic N) is 1. The highest BCUT2D eigenvalue weighted by molar-refractivity contribution is 7.16. The van der Waals surface area contributed by atoms with Crippen LogP contribution in [0, 0.1) is 0 Å². The molecule has 0 unspecified atom stereocenters. The van der Waals surface area contributed by atoms with Crippen molar-refractivity contribution in [1.82, 2.24) is 4.98 Å². The van der Waals surface area contributed by atoms with E-state index in [1.54, 1.807) is 31.4 Å². The zero-order chi connectivity index (χ0) is 16.9. The lowest BCUT2D eigenvalue weighted by Gasteiger charge is -2.03. The molecular formula is C19H18N2O2S. The molecule has 0 saturated carbocycles. The van der Waals surface area contributed by atoms with E-state index in [4.69, 9.17) is 4.74 Å². The molecule has 0 bridgehead atoms. The van der Waals surface area contributed by atoms with Crippen LogP contribution in [0.4, 0.5) is 5.13 Å². The van der Waals surface area contributed by atoms with Gasteiger partial charge in [0.05, 0.1) is 12.8 Å². The van der Waals surface area contributed by atoms with E-state index in [1.165, 1.54) is 11.3 Å². The minimum absolute atomic E-state index is 0.173. The highest BCUT2D eigenvalue weighted by atomic mass is 32.1. The van der Waals surface area contributed by atoms with Crippen molar-refractivity contribution in [2.75, 3.05) is 12.4 Å². The summed E-state index contributed by atoms with van der Waals surface area (Å²) in [5.41, 5.74) is 2.58. The molecule has 1 aromatic heterocycles. The van der Waals surface area contributed by atoms with E-state index in [2.05, 4.69) is 17.2 Å². The number of rotatable bonds is 5. The van der Waals surface area contributed by atoms with Crippen molar-refractivity contribution in [3.63, 3.8) is 0 Å². The number of aromatic nitrogens is 1. The van der Waals surface area contributed by atoms with Gasteiger partial charge in [-0.3, -0.25) is 10.1 Å². The molecule has 0 aliphatic heterocycles. The molecule has 0 fully saturated rings. The summed E-state index contributed by atoms with van der Waals surface area (Å²) >= 11 is 1.52. The van der Waals surface area contributed by atoms with Crippen LogP contribution >= 0.6 is 11.3 Å². The average Bonchev–Trinajstić information content (AvgIpc) is 3.05. The lowest BCUT2D eigenvalue weighted by atomic mass is 10.1. The van der Waals surface area contributed by atoms with Crippen molar-refractivity contribution in [3.8, 4) is 17.0 Å². The molecule has 5 heteroatoms. The number of hydrogen-bond donors (Lipinski definition) is 1. The first-order valence-corrected chi connectivity index (χ1v) is 8.53. The monoisotopic (exact) mass is 338 g/mol. The van der Waals surface area contributed by atoms with Crippen molar-refractivity contribution in [3.05, 3.63) is 65.0 Å². The van der Waals surface area contributed by atoms with Crippen molar-refractivity contribution in [1.29, 1.82) is 0 Å². The van der Waals surface area contributed by atoms with Crippen molar-refractivity contribution in [2.45, 2.75) is 13.3 Å². The second kappa shape index (κ2) is 7.27. The molecule has 0 spiro atoms. The van der Waals surface area contributed by atoms with Gasteiger partial charge in [-0.25, -0.2) is 4.98 Å². The zero-order valence-corrected chi connectivity index (χ0v) is 14.4. The van der Waals surface area contributed by atoms with Gasteiger partial charge in [-0.15, -0.1) is 11.3 Å². The first kappa shape index (κ1) is 16.2. The number of carbonyl (C=O) groups is 1. The first-order valence-electron chi connectivity index (χ1n) is 7.71. The van der Waals surface area contributed by atoms with Crippen LogP contribution in [0.1, 0.15) is 22.2 Å². The number of anilines is 1. The Kier molecular flexibility index (Phi) is 4.91. The van der Waals surface area contributed by atoms with Gasteiger partial charge in [-0.2, -0.15) is 0 Å². The molecule has 1 N–H and O–H groups in total. The van der Waals surface area contributed by atoms with Gasteiger partial charge in [-0.1, -0.05) is 37.3 Å². The maximum atomic E-state index is 12.4. The van der Waals surface area contributed by atoms with E-state index >= 15 is 0 Å². The van der Waals surface area contributed by atoms with Crippen LogP contribution in [-0.4, -0.2) is 18.0 Å². The van der Waals surface area contributed by atoms with Crippen LogP contribution in [0.5, 0.6) is 5.75 Å². The van der Waals surface area contributed by atoms with Crippen LogP contribution in [0.25, 0.3) is 11.3 Å². The lowest BCUT2D eigenvalue weighted by Crippen LogP contribution is -2.11. The number of thiazole rings is 1. The normalized spacial score (nSPS) is 10.4. The highest BCUT2D eigenvalue weighted by Gasteiger charge is 2.14. The Morgan fingerprint density at radius 2 is 1.83 bits per heavy atom. The van der Waals surface area contributed by atoms with Gasteiger partial charge < -0.3 is 4.74 Å². The smallest absolute Gasteiger partial charge is 0.257 e. The summed E-state index contributed by atoms with van der Waals surface area (Å²) < 4.78 is 5.11. The van der Waals surface area contributed by atoms with Gasteiger partial charge in [-0.05, 0) is 30.7 Å². The molecule has 0 atom stereocenters. The number of aryl methyl sites for hydroxylation is 1. The number of carbonyl (C=O) groups excluding carboxylic acids is 1. The zero-order valence-electron chi connectivity index (χ0n) is 13.6. The molecular weight excluding hydrogens is 320 g/mol. The standard InChI is InChI=1S/C19H18N2O2S/c1-3-16-17(13-7-5-4-6-8-13)20-19(24-16)21-18(22)14-9-11-15(23-2)12-10-14/h4-12H,3H2,1-2H3,(H,20,21,22). The average molecular weight is 338 g/mol. The number of methoxy groups -OCH3 is 1. The van der Waals surface area contributed by atoms with Gasteiger partial charge in [0.2, 0.25) is 0 Å². The second-order valence-electron chi connectivity index (χ2n) is 5.19. The van der Waals surface area contributed by atoms with Gasteiger partial charge in [0.25, 0.3) is 5.91 Å². The van der Waals surface area contributed by atoms with Gasteiger partial charge in [0.15, 0.2) is 5.13 Å². The SMILES string of the molecule is CCc1sc(NC(=O)c2ccc(OC)cc2)nc1-c1ccccc1. The van der Waals surface area contributed by atoms with Crippen LogP contribution < -0.4 is 10.1 Å². The molecule has 0 radical (unpaired) electrons. The highest BCUT2D eigenvalue weighted by Crippen LogP contribution is 2.31. The molecule has 122 valence electrons. The summed E-state index contributed by atoms with van der Waals surface area (Å²) in [6.07, 6.45) is 0.875. The third-order valence-electron chi connectivity index (χ3n) is 3.64. The van der Waals surface area contributed by atoms with E-state index in [0.29, 0.717) is 10.7 Å². The number of benzene rings is 2. The fraction of sp³-hybridized carbons (Fsp3) is 0.158. The molecule has 24 heavy (non-hydrogen) atoms. The number of amides is 1. The van der Waals surface area contributed by atoms with Gasteiger partial charge in [0.1, 0.15) is 5.75 Å². The molecule has 1 amide bonds. The topological polar surface area (TPSA) is 51.2 Å². The third kappa shape index (κ3) is 3.46. The third-order valence-corrected chi connectivity index (χ3v) is 4.75. The number of nitrogens with one attached hydrogen (secondary N) is 1. The quantitative estimate of drug-likeness (QED) is 0.738. The fourth-order valence-electron chi connectivity index (χ4n) is 2.38. The fourth-order valence-corrected chi connectivity index (χ4v) is 3.30. The minimum Gasteiger partial charge on any atom is -0.497 e. The molecule has 3 rings (SSSR count). The summed E-state index contributed by atoms with van der Waals surface area (Å²) in [5, 5.41) is 3.51. The molecule has 0 aliphatic rings. The summed E-state index contributed by atoms with van der Waals surface area (Å²) in [4.78, 5) is 18.1.